The number of hydrogen-bond donors (Lipinski definition) is 1. The minimum Gasteiger partial charge on any atom is -0.395 e. The highest BCUT2D eigenvalue weighted by Crippen LogP contribution is 2.38. The second kappa shape index (κ2) is 9.49. The molecule has 5 nitrogen and oxygen atoms in total. The van der Waals surface area contributed by atoms with E-state index < -0.39 is 0 Å². The monoisotopic (exact) mass is 415 g/mol. The van der Waals surface area contributed by atoms with Crippen molar-refractivity contribution < 1.29 is 9.90 Å². The van der Waals surface area contributed by atoms with Crippen molar-refractivity contribution in [3.8, 4) is 11.1 Å². The van der Waals surface area contributed by atoms with Gasteiger partial charge in [0.15, 0.2) is 0 Å². The van der Waals surface area contributed by atoms with Gasteiger partial charge in [-0.05, 0) is 37.5 Å². The first-order valence-electron chi connectivity index (χ1n) is 9.36. The third-order valence-electron chi connectivity index (χ3n) is 4.81. The highest BCUT2D eigenvalue weighted by Gasteiger charge is 2.16. The normalized spacial score (nSPS) is 11.1. The van der Waals surface area contributed by atoms with Crippen LogP contribution in [0.3, 0.4) is 0 Å². The van der Waals surface area contributed by atoms with E-state index in [1.165, 1.54) is 16.7 Å². The van der Waals surface area contributed by atoms with Crippen LogP contribution in [0, 0.1) is 13.8 Å². The summed E-state index contributed by atoms with van der Waals surface area (Å²) >= 11 is 3.21. The number of carbonyl (C=O) groups excluding carboxylic acids is 1. The number of amides is 1. The summed E-state index contributed by atoms with van der Waals surface area (Å²) in [6, 6.07) is 6.49. The van der Waals surface area contributed by atoms with E-state index in [1.807, 2.05) is 6.92 Å². The van der Waals surface area contributed by atoms with Gasteiger partial charge in [-0.2, -0.15) is 0 Å². The first-order chi connectivity index (χ1) is 13.5. The van der Waals surface area contributed by atoms with Gasteiger partial charge in [0.2, 0.25) is 5.91 Å². The fourth-order valence-electron chi connectivity index (χ4n) is 3.05. The quantitative estimate of drug-likeness (QED) is 0.439. The van der Waals surface area contributed by atoms with E-state index in [-0.39, 0.29) is 12.5 Å². The molecule has 1 N–H and O–H groups in total. The molecule has 2 aromatic heterocycles. The molecule has 0 atom stereocenters. The molecule has 148 valence electrons. The van der Waals surface area contributed by atoms with Crippen molar-refractivity contribution in [1.29, 1.82) is 0 Å². The molecule has 2 heterocycles. The number of nitrogens with zero attached hydrogens (tertiary/aromatic N) is 3. The van der Waals surface area contributed by atoms with Gasteiger partial charge in [0.05, 0.1) is 12.0 Å². The number of benzene rings is 1. The molecular weight excluding hydrogens is 390 g/mol. The number of aryl methyl sites for hydroxylation is 2. The summed E-state index contributed by atoms with van der Waals surface area (Å²) in [5, 5.41) is 13.2. The molecule has 0 aliphatic rings. The summed E-state index contributed by atoms with van der Waals surface area (Å²) < 4.78 is 0. The van der Waals surface area contributed by atoms with Crippen molar-refractivity contribution in [3.05, 3.63) is 41.0 Å². The number of thioether (sulfide) groups is 1. The van der Waals surface area contributed by atoms with Gasteiger partial charge in [-0.1, -0.05) is 18.2 Å². The molecule has 0 saturated carbocycles. The molecule has 0 radical (unpaired) electrons. The summed E-state index contributed by atoms with van der Waals surface area (Å²) in [6.45, 7) is 7.16. The summed E-state index contributed by atoms with van der Waals surface area (Å²) in [5.74, 6) is 0.712. The number of aliphatic hydroxyl groups is 1. The number of hydrogen-bond acceptors (Lipinski definition) is 6. The molecule has 0 fully saturated rings. The average molecular weight is 416 g/mol. The molecular formula is C21H25N3O2S2. The van der Waals surface area contributed by atoms with Gasteiger partial charge in [-0.3, -0.25) is 4.79 Å². The van der Waals surface area contributed by atoms with Crippen LogP contribution in [-0.2, 0) is 4.79 Å². The number of rotatable bonds is 8. The Morgan fingerprint density at radius 2 is 2.07 bits per heavy atom. The predicted octanol–water partition coefficient (Wildman–Crippen LogP) is 4.30. The van der Waals surface area contributed by atoms with Crippen LogP contribution in [0.25, 0.3) is 21.3 Å². The minimum absolute atomic E-state index is 0.00646. The third-order valence-corrected chi connectivity index (χ3v) is 6.69. The van der Waals surface area contributed by atoms with Crippen LogP contribution < -0.4 is 0 Å². The molecule has 0 spiro atoms. The Morgan fingerprint density at radius 1 is 1.25 bits per heavy atom. The van der Waals surface area contributed by atoms with Crippen molar-refractivity contribution in [2.75, 3.05) is 25.4 Å². The SMILES string of the molecule is CCN(CCO)C(=O)CCSc1ncnc2scc(-c3ccc(C)c(C)c3)c12. The highest BCUT2D eigenvalue weighted by atomic mass is 32.2. The van der Waals surface area contributed by atoms with Crippen molar-refractivity contribution in [2.45, 2.75) is 32.2 Å². The molecule has 0 unspecified atom stereocenters. The fraction of sp³-hybridized carbons (Fsp3) is 0.381. The molecule has 28 heavy (non-hydrogen) atoms. The summed E-state index contributed by atoms with van der Waals surface area (Å²) in [5.41, 5.74) is 4.85. The van der Waals surface area contributed by atoms with E-state index in [0.717, 1.165) is 20.8 Å². The van der Waals surface area contributed by atoms with Crippen LogP contribution in [0.5, 0.6) is 0 Å². The topological polar surface area (TPSA) is 66.3 Å². The molecule has 1 aromatic carbocycles. The van der Waals surface area contributed by atoms with E-state index in [9.17, 15) is 4.79 Å². The highest BCUT2D eigenvalue weighted by molar-refractivity contribution is 7.99. The molecule has 0 saturated heterocycles. The molecule has 1 amide bonds. The van der Waals surface area contributed by atoms with Gasteiger partial charge >= 0.3 is 0 Å². The first kappa shape index (κ1) is 20.8. The van der Waals surface area contributed by atoms with E-state index in [1.54, 1.807) is 34.3 Å². The van der Waals surface area contributed by atoms with Gasteiger partial charge in [0.25, 0.3) is 0 Å². The Balaban J connectivity index is 1.81. The number of carbonyl (C=O) groups is 1. The van der Waals surface area contributed by atoms with Crippen LogP contribution in [0.1, 0.15) is 24.5 Å². The third kappa shape index (κ3) is 4.54. The van der Waals surface area contributed by atoms with E-state index in [4.69, 9.17) is 5.11 Å². The molecule has 3 aromatic rings. The minimum atomic E-state index is -0.00646. The Kier molecular flexibility index (Phi) is 7.04. The lowest BCUT2D eigenvalue weighted by molar-refractivity contribution is -0.131. The lowest BCUT2D eigenvalue weighted by atomic mass is 10.0. The Morgan fingerprint density at radius 3 is 2.79 bits per heavy atom. The van der Waals surface area contributed by atoms with Crippen molar-refractivity contribution in [1.82, 2.24) is 14.9 Å². The van der Waals surface area contributed by atoms with Crippen molar-refractivity contribution in [2.24, 2.45) is 0 Å². The van der Waals surface area contributed by atoms with Gasteiger partial charge in [-0.15, -0.1) is 23.1 Å². The lowest BCUT2D eigenvalue weighted by Gasteiger charge is -2.19. The average Bonchev–Trinajstić information content (AvgIpc) is 3.13. The van der Waals surface area contributed by atoms with Crippen molar-refractivity contribution >= 4 is 39.2 Å². The maximum absolute atomic E-state index is 12.3. The number of aromatic nitrogens is 2. The standard InChI is InChI=1S/C21H25N3O2S2/c1-4-24(8-9-25)18(26)7-10-27-20-19-17(12-28-21(19)23-13-22-20)16-6-5-14(2)15(3)11-16/h5-6,11-13,25H,4,7-10H2,1-3H3. The lowest BCUT2D eigenvalue weighted by Crippen LogP contribution is -2.33. The van der Waals surface area contributed by atoms with Gasteiger partial charge in [-0.25, -0.2) is 9.97 Å². The van der Waals surface area contributed by atoms with Gasteiger partial charge in [0, 0.05) is 36.2 Å². The number of thiophene rings is 1. The zero-order chi connectivity index (χ0) is 20.1. The smallest absolute Gasteiger partial charge is 0.223 e. The number of likely N-dealkylation sites (N-methyl/N-ethyl adjacent to an activating group) is 1. The predicted molar refractivity (Wildman–Crippen MR) is 117 cm³/mol. The van der Waals surface area contributed by atoms with Crippen molar-refractivity contribution in [3.63, 3.8) is 0 Å². The van der Waals surface area contributed by atoms with Gasteiger partial charge in [0.1, 0.15) is 16.2 Å². The molecule has 0 aliphatic heterocycles. The van der Waals surface area contributed by atoms with E-state index in [0.29, 0.717) is 25.3 Å². The first-order valence-corrected chi connectivity index (χ1v) is 11.2. The van der Waals surface area contributed by atoms with Crippen LogP contribution >= 0.6 is 23.1 Å². The maximum Gasteiger partial charge on any atom is 0.223 e. The van der Waals surface area contributed by atoms with Gasteiger partial charge < -0.3 is 10.0 Å². The maximum atomic E-state index is 12.3. The summed E-state index contributed by atoms with van der Waals surface area (Å²) in [4.78, 5) is 23.9. The van der Waals surface area contributed by atoms with Crippen LogP contribution in [0.2, 0.25) is 0 Å². The number of aliphatic hydroxyl groups excluding tert-OH is 1. The number of fused-ring (bicyclic) bond motifs is 1. The Hall–Kier alpha value is -1.96. The molecule has 0 bridgehead atoms. The van der Waals surface area contributed by atoms with Crippen LogP contribution in [0.15, 0.2) is 34.9 Å². The Labute approximate surface area is 173 Å². The summed E-state index contributed by atoms with van der Waals surface area (Å²) in [6.07, 6.45) is 2.02. The van der Waals surface area contributed by atoms with Crippen LogP contribution in [0.4, 0.5) is 0 Å². The van der Waals surface area contributed by atoms with E-state index >= 15 is 0 Å². The zero-order valence-corrected chi connectivity index (χ0v) is 18.1. The molecule has 7 heteroatoms. The second-order valence-electron chi connectivity index (χ2n) is 6.60. The zero-order valence-electron chi connectivity index (χ0n) is 16.4. The molecule has 3 rings (SSSR count). The second-order valence-corrected chi connectivity index (χ2v) is 8.54. The molecule has 0 aliphatic carbocycles. The summed E-state index contributed by atoms with van der Waals surface area (Å²) in [7, 11) is 0. The fourth-order valence-corrected chi connectivity index (χ4v) is 4.97. The van der Waals surface area contributed by atoms with E-state index in [2.05, 4.69) is 47.4 Å². The van der Waals surface area contributed by atoms with Crippen LogP contribution in [-0.4, -0.2) is 51.3 Å². The Bertz CT molecular complexity index is 971. The largest absolute Gasteiger partial charge is 0.395 e.